The molecule has 0 saturated heterocycles. The Labute approximate surface area is 80.7 Å². The van der Waals surface area contributed by atoms with E-state index in [4.69, 9.17) is 0 Å². The van der Waals surface area contributed by atoms with Gasteiger partial charge < -0.3 is 5.32 Å². The van der Waals surface area contributed by atoms with Gasteiger partial charge in [-0.15, -0.1) is 0 Å². The molecule has 0 radical (unpaired) electrons. The zero-order valence-electron chi connectivity index (χ0n) is 7.03. The quantitative estimate of drug-likeness (QED) is 0.608. The van der Waals surface area contributed by atoms with E-state index in [2.05, 4.69) is 0 Å². The number of carbonyl (C=O) groups is 1. The Balaban J connectivity index is 3.36. The third-order valence-electron chi connectivity index (χ3n) is 1.59. The van der Waals surface area contributed by atoms with Gasteiger partial charge in [-0.2, -0.15) is 13.2 Å². The summed E-state index contributed by atoms with van der Waals surface area (Å²) in [6.07, 6.45) is -5.15. The predicted octanol–water partition coefficient (Wildman–Crippen LogP) is 2.55. The first-order chi connectivity index (χ1) is 6.88. The number of alkyl halides is 3. The van der Waals surface area contributed by atoms with Crippen LogP contribution in [-0.2, 0) is 11.0 Å². The van der Waals surface area contributed by atoms with Crippen LogP contribution in [0.5, 0.6) is 0 Å². The molecule has 1 rings (SSSR count). The van der Waals surface area contributed by atoms with Gasteiger partial charge in [0.15, 0.2) is 5.82 Å². The lowest BCUT2D eigenvalue weighted by atomic mass is 10.1. The van der Waals surface area contributed by atoms with Crippen molar-refractivity contribution in [3.05, 3.63) is 29.3 Å². The third-order valence-corrected chi connectivity index (χ3v) is 1.59. The molecule has 0 aromatic heterocycles. The highest BCUT2D eigenvalue weighted by atomic mass is 19.4. The van der Waals surface area contributed by atoms with Gasteiger partial charge in [-0.05, 0) is 12.1 Å². The lowest BCUT2D eigenvalue weighted by Crippen LogP contribution is -2.13. The predicted molar refractivity (Wildman–Crippen MR) is 41.0 cm³/mol. The zero-order chi connectivity index (χ0) is 11.6. The van der Waals surface area contributed by atoms with Crippen LogP contribution in [0.4, 0.5) is 27.6 Å². The number of nitrogens with one attached hydrogen (secondary N) is 1. The molecule has 0 bridgehead atoms. The Bertz CT molecular complexity index is 387. The molecular formula is C8H4F5NO. The molecule has 1 amide bonds. The summed E-state index contributed by atoms with van der Waals surface area (Å²) in [7, 11) is 0. The topological polar surface area (TPSA) is 29.1 Å². The van der Waals surface area contributed by atoms with Crippen LogP contribution >= 0.6 is 0 Å². The van der Waals surface area contributed by atoms with Crippen molar-refractivity contribution in [2.75, 3.05) is 5.32 Å². The average molecular weight is 225 g/mol. The summed E-state index contributed by atoms with van der Waals surface area (Å²) in [5.74, 6) is -3.56. The molecule has 1 aromatic carbocycles. The minimum absolute atomic E-state index is 0.00350. The number of hydrogen-bond acceptors (Lipinski definition) is 1. The van der Waals surface area contributed by atoms with Crippen LogP contribution in [0.25, 0.3) is 0 Å². The van der Waals surface area contributed by atoms with Gasteiger partial charge in [0.2, 0.25) is 6.41 Å². The number of rotatable bonds is 2. The average Bonchev–Trinajstić information content (AvgIpc) is 2.08. The Morgan fingerprint density at radius 1 is 1.20 bits per heavy atom. The molecule has 1 aromatic rings. The molecule has 82 valence electrons. The maximum Gasteiger partial charge on any atom is 0.422 e. The van der Waals surface area contributed by atoms with Crippen LogP contribution in [0.2, 0.25) is 0 Å². The van der Waals surface area contributed by atoms with Crippen molar-refractivity contribution in [3.63, 3.8) is 0 Å². The fraction of sp³-hybridized carbons (Fsp3) is 0.125. The molecule has 2 nitrogen and oxygen atoms in total. The summed E-state index contributed by atoms with van der Waals surface area (Å²) in [6, 6.07) is 1.13. The van der Waals surface area contributed by atoms with E-state index < -0.39 is 29.1 Å². The van der Waals surface area contributed by atoms with Crippen LogP contribution in [-0.4, -0.2) is 6.41 Å². The molecule has 7 heteroatoms. The lowest BCUT2D eigenvalue weighted by molar-refractivity contribution is -0.142. The molecular weight excluding hydrogens is 221 g/mol. The van der Waals surface area contributed by atoms with Gasteiger partial charge in [-0.25, -0.2) is 8.78 Å². The van der Waals surface area contributed by atoms with E-state index in [9.17, 15) is 26.7 Å². The van der Waals surface area contributed by atoms with Crippen molar-refractivity contribution >= 4 is 12.1 Å². The number of benzene rings is 1. The van der Waals surface area contributed by atoms with Gasteiger partial charge in [0.05, 0.1) is 5.69 Å². The summed E-state index contributed by atoms with van der Waals surface area (Å²) in [5, 5.41) is 1.69. The zero-order valence-corrected chi connectivity index (χ0v) is 7.03. The van der Waals surface area contributed by atoms with Crippen LogP contribution in [0.1, 0.15) is 5.56 Å². The SMILES string of the molecule is O=CNc1ccc(F)c(C(F)(F)F)c1F. The van der Waals surface area contributed by atoms with E-state index >= 15 is 0 Å². The second kappa shape index (κ2) is 3.84. The Morgan fingerprint density at radius 2 is 1.80 bits per heavy atom. The summed E-state index contributed by atoms with van der Waals surface area (Å²) >= 11 is 0. The molecule has 0 fully saturated rings. The molecule has 0 heterocycles. The molecule has 0 aliphatic heterocycles. The van der Waals surface area contributed by atoms with E-state index in [1.807, 2.05) is 0 Å². The van der Waals surface area contributed by atoms with Crippen molar-refractivity contribution in [3.8, 4) is 0 Å². The number of hydrogen-bond donors (Lipinski definition) is 1. The van der Waals surface area contributed by atoms with Gasteiger partial charge in [0.25, 0.3) is 0 Å². The van der Waals surface area contributed by atoms with Crippen molar-refractivity contribution in [2.45, 2.75) is 6.18 Å². The van der Waals surface area contributed by atoms with Gasteiger partial charge in [0, 0.05) is 0 Å². The van der Waals surface area contributed by atoms with Crippen LogP contribution in [0, 0.1) is 11.6 Å². The summed E-state index contributed by atoms with van der Waals surface area (Å²) < 4.78 is 62.1. The molecule has 0 spiro atoms. The molecule has 0 aliphatic carbocycles. The van der Waals surface area contributed by atoms with Crippen LogP contribution in [0.15, 0.2) is 12.1 Å². The Kier molecular flexibility index (Phi) is 2.92. The third kappa shape index (κ3) is 2.23. The minimum atomic E-state index is -5.14. The highest BCUT2D eigenvalue weighted by molar-refractivity contribution is 5.72. The fourth-order valence-electron chi connectivity index (χ4n) is 0.987. The van der Waals surface area contributed by atoms with E-state index in [1.165, 1.54) is 0 Å². The first-order valence-corrected chi connectivity index (χ1v) is 3.63. The van der Waals surface area contributed by atoms with Crippen molar-refractivity contribution in [1.82, 2.24) is 0 Å². The molecule has 0 atom stereocenters. The van der Waals surface area contributed by atoms with Crippen LogP contribution < -0.4 is 5.32 Å². The smallest absolute Gasteiger partial charge is 0.326 e. The highest BCUT2D eigenvalue weighted by Gasteiger charge is 2.38. The molecule has 0 aliphatic rings. The van der Waals surface area contributed by atoms with E-state index in [0.29, 0.717) is 12.1 Å². The minimum Gasteiger partial charge on any atom is -0.326 e. The molecule has 15 heavy (non-hydrogen) atoms. The second-order valence-electron chi connectivity index (χ2n) is 2.54. The van der Waals surface area contributed by atoms with Gasteiger partial charge in [-0.3, -0.25) is 4.79 Å². The number of carbonyl (C=O) groups excluding carboxylic acids is 1. The van der Waals surface area contributed by atoms with Gasteiger partial charge in [0.1, 0.15) is 11.4 Å². The van der Waals surface area contributed by atoms with Gasteiger partial charge in [-0.1, -0.05) is 0 Å². The first-order valence-electron chi connectivity index (χ1n) is 3.63. The maximum atomic E-state index is 13.0. The van der Waals surface area contributed by atoms with Gasteiger partial charge >= 0.3 is 6.18 Å². The summed E-state index contributed by atoms with van der Waals surface area (Å²) in [4.78, 5) is 9.92. The second-order valence-corrected chi connectivity index (χ2v) is 2.54. The normalized spacial score (nSPS) is 11.3. The number of anilines is 1. The number of amides is 1. The Morgan fingerprint density at radius 3 is 2.27 bits per heavy atom. The molecule has 0 unspecified atom stereocenters. The van der Waals surface area contributed by atoms with E-state index in [1.54, 1.807) is 5.32 Å². The molecule has 1 N–H and O–H groups in total. The van der Waals surface area contributed by atoms with Crippen LogP contribution in [0.3, 0.4) is 0 Å². The summed E-state index contributed by atoms with van der Waals surface area (Å²) in [5.41, 5.74) is -2.74. The highest BCUT2D eigenvalue weighted by Crippen LogP contribution is 2.35. The Hall–Kier alpha value is -1.66. The lowest BCUT2D eigenvalue weighted by Gasteiger charge is -2.11. The number of halogens is 5. The standard InChI is InChI=1S/C8H4F5NO/c9-4-1-2-5(14-3-15)7(10)6(4)8(11,12)13/h1-3H,(H,14,15). The van der Waals surface area contributed by atoms with E-state index in [0.717, 1.165) is 0 Å². The largest absolute Gasteiger partial charge is 0.422 e. The molecule has 0 saturated carbocycles. The van der Waals surface area contributed by atoms with Crippen molar-refractivity contribution in [2.24, 2.45) is 0 Å². The monoisotopic (exact) mass is 225 g/mol. The summed E-state index contributed by atoms with van der Waals surface area (Å²) in [6.45, 7) is 0. The van der Waals surface area contributed by atoms with Crippen molar-refractivity contribution in [1.29, 1.82) is 0 Å². The first kappa shape index (κ1) is 11.4. The fourth-order valence-corrected chi connectivity index (χ4v) is 0.987. The van der Waals surface area contributed by atoms with E-state index in [-0.39, 0.29) is 6.41 Å². The maximum absolute atomic E-state index is 13.0. The van der Waals surface area contributed by atoms with Crippen molar-refractivity contribution < 1.29 is 26.7 Å².